The number of para-hydroxylation sites is 1. The molecule has 3 aromatic rings. The van der Waals surface area contributed by atoms with Crippen LogP contribution in [0.3, 0.4) is 0 Å². The smallest absolute Gasteiger partial charge is 0.416 e. The Morgan fingerprint density at radius 3 is 2.38 bits per heavy atom. The number of alkyl halides is 3. The van der Waals surface area contributed by atoms with Gasteiger partial charge in [-0.3, -0.25) is 5.43 Å². The van der Waals surface area contributed by atoms with Crippen LogP contribution in [0.1, 0.15) is 16.7 Å². The Hall–Kier alpha value is -2.70. The SMILES string of the molecule is FC(F)(F)c1ccc(NN=Cc2ccccc2OCc2ccc(Cl)cc2Cl)cc1. The number of hydrogen-bond acceptors (Lipinski definition) is 3. The summed E-state index contributed by atoms with van der Waals surface area (Å²) in [7, 11) is 0. The van der Waals surface area contributed by atoms with E-state index in [0.717, 1.165) is 17.7 Å². The first kappa shape index (κ1) is 21.0. The molecule has 29 heavy (non-hydrogen) atoms. The first-order valence-electron chi connectivity index (χ1n) is 8.45. The molecule has 0 heterocycles. The normalized spacial score (nSPS) is 11.6. The molecule has 150 valence electrons. The summed E-state index contributed by atoms with van der Waals surface area (Å²) in [5.74, 6) is 0.580. The molecule has 3 aromatic carbocycles. The van der Waals surface area contributed by atoms with Gasteiger partial charge in [-0.1, -0.05) is 41.4 Å². The molecule has 0 aliphatic heterocycles. The van der Waals surface area contributed by atoms with Crippen LogP contribution in [0.2, 0.25) is 10.0 Å². The van der Waals surface area contributed by atoms with E-state index >= 15 is 0 Å². The van der Waals surface area contributed by atoms with Gasteiger partial charge in [-0.15, -0.1) is 0 Å². The minimum absolute atomic E-state index is 0.243. The molecular formula is C21H15Cl2F3N2O. The molecule has 0 amide bonds. The van der Waals surface area contributed by atoms with Crippen molar-refractivity contribution in [3.63, 3.8) is 0 Å². The summed E-state index contributed by atoms with van der Waals surface area (Å²) in [6.45, 7) is 0.243. The summed E-state index contributed by atoms with van der Waals surface area (Å²) in [5, 5.41) is 5.12. The van der Waals surface area contributed by atoms with Crippen molar-refractivity contribution in [2.75, 3.05) is 5.43 Å². The molecule has 3 nitrogen and oxygen atoms in total. The summed E-state index contributed by atoms with van der Waals surface area (Å²) in [6.07, 6.45) is -2.85. The molecule has 0 spiro atoms. The predicted molar refractivity (Wildman–Crippen MR) is 110 cm³/mol. The van der Waals surface area contributed by atoms with E-state index in [-0.39, 0.29) is 6.61 Å². The van der Waals surface area contributed by atoms with E-state index in [2.05, 4.69) is 10.5 Å². The molecule has 0 radical (unpaired) electrons. The number of nitrogens with zero attached hydrogens (tertiary/aromatic N) is 1. The van der Waals surface area contributed by atoms with Gasteiger partial charge in [0.05, 0.1) is 17.5 Å². The Labute approximate surface area is 175 Å². The fraction of sp³-hybridized carbons (Fsp3) is 0.0952. The molecule has 8 heteroatoms. The summed E-state index contributed by atoms with van der Waals surface area (Å²) in [4.78, 5) is 0. The highest BCUT2D eigenvalue weighted by Crippen LogP contribution is 2.30. The van der Waals surface area contributed by atoms with Crippen molar-refractivity contribution in [1.82, 2.24) is 0 Å². The first-order chi connectivity index (χ1) is 13.8. The predicted octanol–water partition coefficient (Wildman–Crippen LogP) is 7.04. The Bertz CT molecular complexity index is 1010. The fourth-order valence-electron chi connectivity index (χ4n) is 2.42. The van der Waals surface area contributed by atoms with E-state index in [0.29, 0.717) is 27.0 Å². The lowest BCUT2D eigenvalue weighted by atomic mass is 10.2. The second kappa shape index (κ2) is 9.20. The third-order valence-electron chi connectivity index (χ3n) is 3.93. The summed E-state index contributed by atoms with van der Waals surface area (Å²) < 4.78 is 43.6. The van der Waals surface area contributed by atoms with Crippen molar-refractivity contribution < 1.29 is 17.9 Å². The molecule has 0 bridgehead atoms. The minimum Gasteiger partial charge on any atom is -0.488 e. The van der Waals surface area contributed by atoms with Crippen LogP contribution in [0, 0.1) is 0 Å². The van der Waals surface area contributed by atoms with Gasteiger partial charge in [0.15, 0.2) is 0 Å². The molecule has 0 unspecified atom stereocenters. The maximum absolute atomic E-state index is 12.6. The monoisotopic (exact) mass is 438 g/mol. The van der Waals surface area contributed by atoms with Gasteiger partial charge in [0, 0.05) is 21.2 Å². The Morgan fingerprint density at radius 2 is 1.69 bits per heavy atom. The lowest BCUT2D eigenvalue weighted by molar-refractivity contribution is -0.137. The molecule has 0 aromatic heterocycles. The van der Waals surface area contributed by atoms with Crippen molar-refractivity contribution in [2.45, 2.75) is 12.8 Å². The molecule has 0 fully saturated rings. The standard InChI is InChI=1S/C21H15Cl2F3N2O/c22-17-8-5-15(19(23)11-17)13-29-20-4-2-1-3-14(20)12-27-28-18-9-6-16(7-10-18)21(24,25)26/h1-12,28H,13H2. The van der Waals surface area contributed by atoms with Crippen LogP contribution in [0.25, 0.3) is 0 Å². The van der Waals surface area contributed by atoms with Gasteiger partial charge in [-0.2, -0.15) is 18.3 Å². The number of nitrogens with one attached hydrogen (secondary N) is 1. The quantitative estimate of drug-likeness (QED) is 0.330. The zero-order valence-corrected chi connectivity index (χ0v) is 16.4. The maximum atomic E-state index is 12.6. The van der Waals surface area contributed by atoms with Crippen LogP contribution in [0.15, 0.2) is 71.8 Å². The van der Waals surface area contributed by atoms with Gasteiger partial charge >= 0.3 is 6.18 Å². The van der Waals surface area contributed by atoms with Crippen molar-refractivity contribution in [3.05, 3.63) is 93.5 Å². The number of anilines is 1. The van der Waals surface area contributed by atoms with Gasteiger partial charge in [0.2, 0.25) is 0 Å². The molecule has 0 saturated carbocycles. The van der Waals surface area contributed by atoms with Gasteiger partial charge in [-0.05, 0) is 48.5 Å². The number of hydrogen-bond donors (Lipinski definition) is 1. The highest BCUT2D eigenvalue weighted by molar-refractivity contribution is 6.35. The first-order valence-corrected chi connectivity index (χ1v) is 9.20. The van der Waals surface area contributed by atoms with E-state index in [1.807, 2.05) is 12.1 Å². The van der Waals surface area contributed by atoms with E-state index < -0.39 is 11.7 Å². The van der Waals surface area contributed by atoms with Crippen molar-refractivity contribution in [3.8, 4) is 5.75 Å². The van der Waals surface area contributed by atoms with E-state index in [9.17, 15) is 13.2 Å². The Kier molecular flexibility index (Phi) is 6.67. The minimum atomic E-state index is -4.37. The second-order valence-corrected chi connectivity index (χ2v) is 6.85. The van der Waals surface area contributed by atoms with Crippen LogP contribution in [-0.4, -0.2) is 6.21 Å². The average Bonchev–Trinajstić information content (AvgIpc) is 2.68. The molecule has 3 rings (SSSR count). The van der Waals surface area contributed by atoms with Crippen LogP contribution in [-0.2, 0) is 12.8 Å². The van der Waals surface area contributed by atoms with Crippen molar-refractivity contribution in [2.24, 2.45) is 5.10 Å². The molecule has 0 saturated heterocycles. The highest BCUT2D eigenvalue weighted by atomic mass is 35.5. The zero-order valence-electron chi connectivity index (χ0n) is 14.9. The number of benzene rings is 3. The Balaban J connectivity index is 1.65. The van der Waals surface area contributed by atoms with Crippen molar-refractivity contribution in [1.29, 1.82) is 0 Å². The van der Waals surface area contributed by atoms with E-state index in [4.69, 9.17) is 27.9 Å². The summed E-state index contributed by atoms with van der Waals surface area (Å²) in [5.41, 5.74) is 3.89. The maximum Gasteiger partial charge on any atom is 0.416 e. The fourth-order valence-corrected chi connectivity index (χ4v) is 2.89. The van der Waals surface area contributed by atoms with Crippen molar-refractivity contribution >= 4 is 35.1 Å². The van der Waals surface area contributed by atoms with Gasteiger partial charge in [0.1, 0.15) is 12.4 Å². The Morgan fingerprint density at radius 1 is 0.966 bits per heavy atom. The van der Waals surface area contributed by atoms with Crippen LogP contribution in [0.5, 0.6) is 5.75 Å². The number of ether oxygens (including phenoxy) is 1. The van der Waals surface area contributed by atoms with Gasteiger partial charge < -0.3 is 4.74 Å². The molecule has 0 aliphatic carbocycles. The van der Waals surface area contributed by atoms with Crippen LogP contribution >= 0.6 is 23.2 Å². The summed E-state index contributed by atoms with van der Waals surface area (Å²) in [6, 6.07) is 17.0. The molecule has 0 atom stereocenters. The number of rotatable bonds is 6. The van der Waals surface area contributed by atoms with Gasteiger partial charge in [-0.25, -0.2) is 0 Å². The molecular weight excluding hydrogens is 424 g/mol. The van der Waals surface area contributed by atoms with E-state index in [1.54, 1.807) is 30.3 Å². The van der Waals surface area contributed by atoms with E-state index in [1.165, 1.54) is 18.3 Å². The lowest BCUT2D eigenvalue weighted by Crippen LogP contribution is -2.04. The number of hydrazone groups is 1. The third-order valence-corrected chi connectivity index (χ3v) is 4.51. The zero-order chi connectivity index (χ0) is 20.9. The topological polar surface area (TPSA) is 33.6 Å². The largest absolute Gasteiger partial charge is 0.488 e. The highest BCUT2D eigenvalue weighted by Gasteiger charge is 2.29. The van der Waals surface area contributed by atoms with Gasteiger partial charge in [0.25, 0.3) is 0 Å². The average molecular weight is 439 g/mol. The van der Waals surface area contributed by atoms with Crippen LogP contribution < -0.4 is 10.2 Å². The lowest BCUT2D eigenvalue weighted by Gasteiger charge is -2.10. The van der Waals surface area contributed by atoms with Crippen LogP contribution in [0.4, 0.5) is 18.9 Å². The molecule has 1 N–H and O–H groups in total. The second-order valence-electron chi connectivity index (χ2n) is 6.01. The summed E-state index contributed by atoms with van der Waals surface area (Å²) >= 11 is 12.0. The number of halogens is 5. The molecule has 0 aliphatic rings. The third kappa shape index (κ3) is 5.89.